The van der Waals surface area contributed by atoms with Crippen molar-refractivity contribution in [2.75, 3.05) is 6.54 Å². The lowest BCUT2D eigenvalue weighted by molar-refractivity contribution is -0.128. The number of fused-ring (bicyclic) bond motifs is 2. The highest BCUT2D eigenvalue weighted by molar-refractivity contribution is 6.12. The van der Waals surface area contributed by atoms with Crippen LogP contribution in [0.1, 0.15) is 37.4 Å². The quantitative estimate of drug-likeness (QED) is 0.452. The SMILES string of the molecule is CCC1C(c2ccccn2)=NC(C)=C1C(=O)N1CCc2nc[nH]c2C1.Fc1cccc2ccoc12. The van der Waals surface area contributed by atoms with Crippen LogP contribution in [0.15, 0.2) is 81.9 Å². The Morgan fingerprint density at radius 3 is 2.86 bits per heavy atom. The number of pyridine rings is 1. The molecule has 1 unspecified atom stereocenters. The minimum absolute atomic E-state index is 0.00515. The molecule has 0 saturated carbocycles. The summed E-state index contributed by atoms with van der Waals surface area (Å²) in [6.45, 7) is 5.30. The minimum Gasteiger partial charge on any atom is -0.461 e. The first kappa shape index (κ1) is 22.7. The summed E-state index contributed by atoms with van der Waals surface area (Å²) in [5.41, 5.74) is 5.82. The standard InChI is InChI=1S/C19H21N5O.C8H5FO/c1-3-13-17(12(2)23-18(13)15-6-4-5-8-20-15)19(25)24-9-7-14-16(10-24)22-11-21-14;9-7-3-1-2-6-4-5-10-8(6)7/h4-6,8,11,13H,3,7,9-10H2,1-2H3,(H,21,22);1-5H. The van der Waals surface area contributed by atoms with Gasteiger partial charge < -0.3 is 14.3 Å². The van der Waals surface area contributed by atoms with Crippen molar-refractivity contribution in [2.45, 2.75) is 33.2 Å². The van der Waals surface area contributed by atoms with Crippen molar-refractivity contribution < 1.29 is 13.6 Å². The van der Waals surface area contributed by atoms with E-state index in [4.69, 9.17) is 9.41 Å². The summed E-state index contributed by atoms with van der Waals surface area (Å²) in [6, 6.07) is 12.4. The number of imidazole rings is 1. The molecule has 1 amide bonds. The number of amides is 1. The summed E-state index contributed by atoms with van der Waals surface area (Å²) in [5, 5.41) is 0.806. The highest BCUT2D eigenvalue weighted by Gasteiger charge is 2.36. The average molecular weight is 472 g/mol. The predicted molar refractivity (Wildman–Crippen MR) is 131 cm³/mol. The minimum atomic E-state index is -0.303. The molecule has 0 saturated heterocycles. The van der Waals surface area contributed by atoms with Gasteiger partial charge in [0.2, 0.25) is 0 Å². The predicted octanol–water partition coefficient (Wildman–Crippen LogP) is 5.06. The number of allylic oxidation sites excluding steroid dienone is 1. The molecule has 3 aromatic heterocycles. The van der Waals surface area contributed by atoms with Crippen LogP contribution in [-0.2, 0) is 17.8 Å². The highest BCUT2D eigenvalue weighted by Crippen LogP contribution is 2.33. The first-order valence-electron chi connectivity index (χ1n) is 11.7. The summed E-state index contributed by atoms with van der Waals surface area (Å²) in [5.74, 6) is -0.215. The van der Waals surface area contributed by atoms with Gasteiger partial charge in [0.05, 0.1) is 41.9 Å². The van der Waals surface area contributed by atoms with Crippen LogP contribution in [-0.4, -0.2) is 38.0 Å². The molecule has 178 valence electrons. The number of benzene rings is 1. The van der Waals surface area contributed by atoms with Crippen molar-refractivity contribution in [3.05, 3.63) is 95.4 Å². The summed E-state index contributed by atoms with van der Waals surface area (Å²) < 4.78 is 17.6. The fourth-order valence-electron chi connectivity index (χ4n) is 4.67. The number of carbonyl (C=O) groups excluding carboxylic acids is 1. The average Bonchev–Trinajstić information content (AvgIpc) is 3.62. The maximum absolute atomic E-state index is 13.2. The smallest absolute Gasteiger partial charge is 0.252 e. The molecule has 2 aliphatic rings. The fraction of sp³-hybridized carbons (Fsp3) is 0.259. The normalized spacial score (nSPS) is 17.2. The first-order chi connectivity index (χ1) is 17.1. The number of para-hydroxylation sites is 1. The lowest BCUT2D eigenvalue weighted by Crippen LogP contribution is -2.38. The molecule has 8 heteroatoms. The molecule has 6 rings (SSSR count). The van der Waals surface area contributed by atoms with Gasteiger partial charge in [-0.15, -0.1) is 0 Å². The van der Waals surface area contributed by atoms with Gasteiger partial charge in [-0.2, -0.15) is 0 Å². The van der Waals surface area contributed by atoms with E-state index >= 15 is 0 Å². The lowest BCUT2D eigenvalue weighted by atomic mass is 9.89. The molecule has 1 aromatic carbocycles. The fourth-order valence-corrected chi connectivity index (χ4v) is 4.67. The van der Waals surface area contributed by atoms with Crippen LogP contribution >= 0.6 is 0 Å². The number of aromatic nitrogens is 3. The molecule has 0 bridgehead atoms. The molecule has 1 atom stereocenters. The molecule has 4 aromatic rings. The van der Waals surface area contributed by atoms with E-state index in [0.717, 1.165) is 52.3 Å². The molecular formula is C27H26FN5O2. The monoisotopic (exact) mass is 471 g/mol. The van der Waals surface area contributed by atoms with Gasteiger partial charge in [-0.05, 0) is 37.6 Å². The number of nitrogens with one attached hydrogen (secondary N) is 1. The molecule has 0 aliphatic carbocycles. The van der Waals surface area contributed by atoms with Crippen LogP contribution in [0, 0.1) is 11.7 Å². The number of furan rings is 1. The third-order valence-corrected chi connectivity index (χ3v) is 6.42. The van der Waals surface area contributed by atoms with E-state index in [-0.39, 0.29) is 17.6 Å². The summed E-state index contributed by atoms with van der Waals surface area (Å²) in [6.07, 6.45) is 6.58. The number of hydrogen-bond acceptors (Lipinski definition) is 5. The van der Waals surface area contributed by atoms with E-state index in [9.17, 15) is 9.18 Å². The van der Waals surface area contributed by atoms with Crippen molar-refractivity contribution in [2.24, 2.45) is 10.9 Å². The van der Waals surface area contributed by atoms with Gasteiger partial charge in [-0.25, -0.2) is 9.37 Å². The molecule has 1 N–H and O–H groups in total. The van der Waals surface area contributed by atoms with Gasteiger partial charge in [0.25, 0.3) is 5.91 Å². The van der Waals surface area contributed by atoms with E-state index in [0.29, 0.717) is 18.7 Å². The van der Waals surface area contributed by atoms with Crippen LogP contribution in [0.5, 0.6) is 0 Å². The van der Waals surface area contributed by atoms with Gasteiger partial charge >= 0.3 is 0 Å². The Morgan fingerprint density at radius 2 is 2.09 bits per heavy atom. The van der Waals surface area contributed by atoms with Gasteiger partial charge in [0, 0.05) is 41.7 Å². The second-order valence-corrected chi connectivity index (χ2v) is 8.56. The highest BCUT2D eigenvalue weighted by atomic mass is 19.1. The Balaban J connectivity index is 0.000000211. The second-order valence-electron chi connectivity index (χ2n) is 8.56. The van der Waals surface area contributed by atoms with E-state index in [1.54, 1.807) is 24.7 Å². The third-order valence-electron chi connectivity index (χ3n) is 6.42. The van der Waals surface area contributed by atoms with Gasteiger partial charge in [-0.3, -0.25) is 14.8 Å². The van der Waals surface area contributed by atoms with E-state index in [2.05, 4.69) is 21.9 Å². The number of halogens is 1. The van der Waals surface area contributed by atoms with Crippen molar-refractivity contribution in [1.82, 2.24) is 19.9 Å². The molecule has 0 fully saturated rings. The molecule has 35 heavy (non-hydrogen) atoms. The topological polar surface area (TPSA) is 87.4 Å². The molecule has 0 radical (unpaired) electrons. The summed E-state index contributed by atoms with van der Waals surface area (Å²) in [4.78, 5) is 31.7. The van der Waals surface area contributed by atoms with Crippen molar-refractivity contribution in [3.8, 4) is 0 Å². The Bertz CT molecular complexity index is 1420. The lowest BCUT2D eigenvalue weighted by Gasteiger charge is -2.28. The van der Waals surface area contributed by atoms with Crippen LogP contribution in [0.4, 0.5) is 4.39 Å². The largest absolute Gasteiger partial charge is 0.461 e. The summed E-state index contributed by atoms with van der Waals surface area (Å²) >= 11 is 0. The number of aliphatic imine (C=N–C) groups is 1. The molecule has 5 heterocycles. The molecule has 7 nitrogen and oxygen atoms in total. The van der Waals surface area contributed by atoms with Crippen molar-refractivity contribution in [3.63, 3.8) is 0 Å². The van der Waals surface area contributed by atoms with Crippen LogP contribution < -0.4 is 0 Å². The first-order valence-corrected chi connectivity index (χ1v) is 11.7. The number of aromatic amines is 1. The van der Waals surface area contributed by atoms with Gasteiger partial charge in [0.1, 0.15) is 0 Å². The Morgan fingerprint density at radius 1 is 1.20 bits per heavy atom. The Labute approximate surface area is 202 Å². The third kappa shape index (κ3) is 4.39. The van der Waals surface area contributed by atoms with E-state index in [1.165, 1.54) is 12.3 Å². The number of hydrogen-bond donors (Lipinski definition) is 1. The van der Waals surface area contributed by atoms with E-state index < -0.39 is 0 Å². The Hall–Kier alpha value is -4.07. The number of H-pyrrole nitrogens is 1. The van der Waals surface area contributed by atoms with Crippen LogP contribution in [0.3, 0.4) is 0 Å². The molecule has 2 aliphatic heterocycles. The zero-order valence-electron chi connectivity index (χ0n) is 19.7. The number of rotatable bonds is 3. The van der Waals surface area contributed by atoms with Crippen LogP contribution in [0.25, 0.3) is 11.0 Å². The maximum atomic E-state index is 13.2. The van der Waals surface area contributed by atoms with Crippen molar-refractivity contribution in [1.29, 1.82) is 0 Å². The van der Waals surface area contributed by atoms with Gasteiger partial charge in [-0.1, -0.05) is 25.1 Å². The summed E-state index contributed by atoms with van der Waals surface area (Å²) in [7, 11) is 0. The van der Waals surface area contributed by atoms with Crippen molar-refractivity contribution >= 4 is 22.6 Å². The Kier molecular flexibility index (Phi) is 6.27. The number of nitrogens with zero attached hydrogens (tertiary/aromatic N) is 4. The zero-order valence-corrected chi connectivity index (χ0v) is 19.7. The molecular weight excluding hydrogens is 445 g/mol. The number of carbonyl (C=O) groups is 1. The zero-order chi connectivity index (χ0) is 24.4. The molecule has 0 spiro atoms. The van der Waals surface area contributed by atoms with Gasteiger partial charge in [0.15, 0.2) is 11.4 Å². The van der Waals surface area contributed by atoms with Crippen LogP contribution in [0.2, 0.25) is 0 Å². The van der Waals surface area contributed by atoms with E-state index in [1.807, 2.05) is 36.1 Å². The second kappa shape index (κ2) is 9.66. The maximum Gasteiger partial charge on any atom is 0.252 e.